The average Bonchev–Trinajstić information content (AvgIpc) is 2.97. The number of rotatable bonds is 3. The summed E-state index contributed by atoms with van der Waals surface area (Å²) in [6.45, 7) is 1.94. The van der Waals surface area contributed by atoms with E-state index in [1.165, 1.54) is 11.3 Å². The van der Waals surface area contributed by atoms with Crippen molar-refractivity contribution in [2.75, 3.05) is 11.1 Å². The van der Waals surface area contributed by atoms with Gasteiger partial charge in [-0.25, -0.2) is 9.97 Å². The topological polar surface area (TPSA) is 76.7 Å². The summed E-state index contributed by atoms with van der Waals surface area (Å²) >= 11 is 3.00. The van der Waals surface area contributed by atoms with Crippen molar-refractivity contribution in [3.05, 3.63) is 35.6 Å². The summed E-state index contributed by atoms with van der Waals surface area (Å²) in [5, 5.41) is 6.62. The van der Waals surface area contributed by atoms with Crippen LogP contribution in [0.5, 0.6) is 0 Å². The van der Waals surface area contributed by atoms with E-state index in [9.17, 15) is 0 Å². The highest BCUT2D eigenvalue weighted by Crippen LogP contribution is 2.33. The van der Waals surface area contributed by atoms with Crippen LogP contribution in [0.3, 0.4) is 0 Å². The summed E-state index contributed by atoms with van der Waals surface area (Å²) in [5.74, 6) is 0. The van der Waals surface area contributed by atoms with Crippen LogP contribution in [-0.4, -0.2) is 15.0 Å². The molecular weight excluding hydrogens is 278 g/mol. The Bertz CT molecular complexity index is 689. The van der Waals surface area contributed by atoms with E-state index < -0.39 is 0 Å². The number of nitrogens with zero attached hydrogens (tertiary/aromatic N) is 3. The quantitative estimate of drug-likeness (QED) is 0.773. The van der Waals surface area contributed by atoms with Crippen molar-refractivity contribution >= 4 is 38.6 Å². The number of anilines is 3. The zero-order valence-corrected chi connectivity index (χ0v) is 11.8. The lowest BCUT2D eigenvalue weighted by Gasteiger charge is -1.99. The Morgan fingerprint density at radius 3 is 2.89 bits per heavy atom. The molecule has 96 valence electrons. The summed E-state index contributed by atoms with van der Waals surface area (Å²) in [7, 11) is 0. The number of nitrogens with one attached hydrogen (secondary N) is 1. The maximum atomic E-state index is 5.71. The Morgan fingerprint density at radius 2 is 2.21 bits per heavy atom. The van der Waals surface area contributed by atoms with Crippen LogP contribution in [0.25, 0.3) is 10.6 Å². The highest BCUT2D eigenvalue weighted by molar-refractivity contribution is 7.19. The van der Waals surface area contributed by atoms with Gasteiger partial charge in [0.1, 0.15) is 0 Å². The molecule has 0 bridgehead atoms. The zero-order chi connectivity index (χ0) is 13.2. The second kappa shape index (κ2) is 4.94. The fourth-order valence-corrected chi connectivity index (χ4v) is 3.24. The van der Waals surface area contributed by atoms with Gasteiger partial charge in [0, 0.05) is 11.6 Å². The van der Waals surface area contributed by atoms with Gasteiger partial charge in [-0.15, -0.1) is 11.3 Å². The van der Waals surface area contributed by atoms with Gasteiger partial charge in [0.2, 0.25) is 0 Å². The molecule has 0 amide bonds. The third-order valence-corrected chi connectivity index (χ3v) is 4.23. The maximum absolute atomic E-state index is 5.71. The van der Waals surface area contributed by atoms with Gasteiger partial charge in [-0.3, -0.25) is 4.98 Å². The summed E-state index contributed by atoms with van der Waals surface area (Å²) in [6.07, 6.45) is 3.50. The molecule has 0 atom stereocenters. The molecule has 7 heteroatoms. The fourth-order valence-electron chi connectivity index (χ4n) is 1.65. The molecule has 5 nitrogen and oxygen atoms in total. The molecule has 3 aromatic heterocycles. The molecule has 0 radical (unpaired) electrons. The number of nitrogens with two attached hydrogens (primary N) is 1. The number of aryl methyl sites for hydroxylation is 1. The van der Waals surface area contributed by atoms with E-state index >= 15 is 0 Å². The molecule has 0 spiro atoms. The summed E-state index contributed by atoms with van der Waals surface area (Å²) in [4.78, 5) is 13.8. The lowest BCUT2D eigenvalue weighted by molar-refractivity contribution is 1.26. The molecule has 0 aliphatic carbocycles. The molecule has 0 fully saturated rings. The van der Waals surface area contributed by atoms with Crippen molar-refractivity contribution < 1.29 is 0 Å². The van der Waals surface area contributed by atoms with Gasteiger partial charge < -0.3 is 11.1 Å². The molecule has 19 heavy (non-hydrogen) atoms. The zero-order valence-electron chi connectivity index (χ0n) is 10.1. The van der Waals surface area contributed by atoms with E-state index in [0.29, 0.717) is 5.13 Å². The van der Waals surface area contributed by atoms with Crippen molar-refractivity contribution in [2.45, 2.75) is 6.92 Å². The third kappa shape index (κ3) is 2.56. The van der Waals surface area contributed by atoms with E-state index in [1.54, 1.807) is 23.7 Å². The minimum Gasteiger partial charge on any atom is -0.375 e. The van der Waals surface area contributed by atoms with Crippen molar-refractivity contribution in [1.29, 1.82) is 0 Å². The monoisotopic (exact) mass is 289 g/mol. The normalized spacial score (nSPS) is 10.6. The number of hydrogen-bond acceptors (Lipinski definition) is 7. The highest BCUT2D eigenvalue weighted by Gasteiger charge is 2.11. The first-order chi connectivity index (χ1) is 9.22. The minimum absolute atomic E-state index is 0.572. The Balaban J connectivity index is 1.86. The van der Waals surface area contributed by atoms with Crippen molar-refractivity contribution in [3.63, 3.8) is 0 Å². The molecule has 3 heterocycles. The first-order valence-corrected chi connectivity index (χ1v) is 7.28. The van der Waals surface area contributed by atoms with Crippen molar-refractivity contribution in [2.24, 2.45) is 0 Å². The van der Waals surface area contributed by atoms with Gasteiger partial charge in [-0.1, -0.05) is 11.3 Å². The van der Waals surface area contributed by atoms with E-state index in [-0.39, 0.29) is 0 Å². The van der Waals surface area contributed by atoms with Crippen LogP contribution in [0.4, 0.5) is 16.0 Å². The van der Waals surface area contributed by atoms with Gasteiger partial charge in [0.15, 0.2) is 10.3 Å². The SMILES string of the molecule is Cc1nc(N)sc1-c1csc(Nc2cccnc2)n1. The number of pyridine rings is 1. The van der Waals surface area contributed by atoms with Crippen molar-refractivity contribution in [1.82, 2.24) is 15.0 Å². The second-order valence-electron chi connectivity index (χ2n) is 3.87. The van der Waals surface area contributed by atoms with Crippen molar-refractivity contribution in [3.8, 4) is 10.6 Å². The number of thiazole rings is 2. The molecule has 3 rings (SSSR count). The molecular formula is C12H11N5S2. The van der Waals surface area contributed by atoms with Gasteiger partial charge in [0.25, 0.3) is 0 Å². The lowest BCUT2D eigenvalue weighted by atomic mass is 10.3. The summed E-state index contributed by atoms with van der Waals surface area (Å²) in [6, 6.07) is 3.83. The smallest absolute Gasteiger partial charge is 0.187 e. The van der Waals surface area contributed by atoms with Gasteiger partial charge in [-0.05, 0) is 19.1 Å². The van der Waals surface area contributed by atoms with Crippen LogP contribution < -0.4 is 11.1 Å². The van der Waals surface area contributed by atoms with Gasteiger partial charge >= 0.3 is 0 Å². The molecule has 3 aromatic rings. The van der Waals surface area contributed by atoms with Crippen LogP contribution in [0.15, 0.2) is 29.9 Å². The molecule has 0 aromatic carbocycles. The molecule has 3 N–H and O–H groups in total. The predicted octanol–water partition coefficient (Wildman–Crippen LogP) is 3.30. The standard InChI is InChI=1S/C12H11N5S2/c1-7-10(19-11(13)15-7)9-6-18-12(17-9)16-8-3-2-4-14-5-8/h2-6H,1H3,(H2,13,15)(H,16,17). The number of hydrogen-bond donors (Lipinski definition) is 2. The molecule has 0 unspecified atom stereocenters. The van der Waals surface area contributed by atoms with Crippen LogP contribution >= 0.6 is 22.7 Å². The Labute approximate surface area is 118 Å². The first-order valence-electron chi connectivity index (χ1n) is 5.58. The summed E-state index contributed by atoms with van der Waals surface area (Å²) in [5.41, 5.74) is 8.45. The minimum atomic E-state index is 0.572. The van der Waals surface area contributed by atoms with E-state index in [2.05, 4.69) is 20.3 Å². The van der Waals surface area contributed by atoms with Crippen LogP contribution in [0, 0.1) is 6.92 Å². The van der Waals surface area contributed by atoms with Crippen LogP contribution in [0.1, 0.15) is 5.69 Å². The highest BCUT2D eigenvalue weighted by atomic mass is 32.1. The molecule has 0 saturated heterocycles. The molecule has 0 aliphatic heterocycles. The van der Waals surface area contributed by atoms with Crippen LogP contribution in [0.2, 0.25) is 0 Å². The maximum Gasteiger partial charge on any atom is 0.187 e. The molecule has 0 saturated carbocycles. The van der Waals surface area contributed by atoms with Gasteiger partial charge in [-0.2, -0.15) is 0 Å². The second-order valence-corrected chi connectivity index (χ2v) is 5.76. The third-order valence-electron chi connectivity index (χ3n) is 2.46. The average molecular weight is 289 g/mol. The Kier molecular flexibility index (Phi) is 3.14. The summed E-state index contributed by atoms with van der Waals surface area (Å²) < 4.78 is 0. The Morgan fingerprint density at radius 1 is 1.32 bits per heavy atom. The number of nitrogen functional groups attached to an aromatic ring is 1. The first kappa shape index (κ1) is 12.1. The van der Waals surface area contributed by atoms with E-state index in [0.717, 1.165) is 27.1 Å². The lowest BCUT2D eigenvalue weighted by Crippen LogP contribution is -1.89. The van der Waals surface area contributed by atoms with Crippen LogP contribution in [-0.2, 0) is 0 Å². The largest absolute Gasteiger partial charge is 0.375 e. The Hall–Kier alpha value is -1.99. The number of aromatic nitrogens is 3. The van der Waals surface area contributed by atoms with Gasteiger partial charge in [0.05, 0.1) is 28.1 Å². The fraction of sp³-hybridized carbons (Fsp3) is 0.0833. The van der Waals surface area contributed by atoms with E-state index in [4.69, 9.17) is 5.73 Å². The van der Waals surface area contributed by atoms with E-state index in [1.807, 2.05) is 24.4 Å². The predicted molar refractivity (Wildman–Crippen MR) is 79.9 cm³/mol. The molecule has 0 aliphatic rings.